The molecule has 4 nitrogen and oxygen atoms in total. The van der Waals surface area contributed by atoms with Gasteiger partial charge in [-0.15, -0.1) is 0 Å². The van der Waals surface area contributed by atoms with Crippen molar-refractivity contribution in [1.29, 1.82) is 0 Å². The second-order valence-electron chi connectivity index (χ2n) is 5.47. The summed E-state index contributed by atoms with van der Waals surface area (Å²) in [6.07, 6.45) is 7.93. The maximum atomic E-state index is 4.32. The number of aromatic amines is 1. The number of aromatic nitrogens is 2. The van der Waals surface area contributed by atoms with Crippen LogP contribution in [0.15, 0.2) is 24.5 Å². The van der Waals surface area contributed by atoms with Crippen LogP contribution in [0.3, 0.4) is 0 Å². The molecule has 0 aliphatic carbocycles. The molecular weight excluding hydrogens is 236 g/mol. The molecule has 0 saturated carbocycles. The Bertz CT molecular complexity index is 534. The summed E-state index contributed by atoms with van der Waals surface area (Å²) in [5.74, 6) is 0. The van der Waals surface area contributed by atoms with Crippen LogP contribution in [-0.2, 0) is 6.54 Å². The Morgan fingerprint density at radius 3 is 3.32 bits per heavy atom. The van der Waals surface area contributed by atoms with Crippen molar-refractivity contribution in [2.24, 2.45) is 0 Å². The first-order valence-corrected chi connectivity index (χ1v) is 7.16. The number of H-pyrrole nitrogens is 1. The first kappa shape index (κ1) is 12.6. The molecule has 102 valence electrons. The van der Waals surface area contributed by atoms with Crippen molar-refractivity contribution < 1.29 is 0 Å². The minimum atomic E-state index is 0.692. The number of nitrogens with zero attached hydrogens (tertiary/aromatic N) is 2. The molecule has 0 bridgehead atoms. The molecule has 4 heteroatoms. The summed E-state index contributed by atoms with van der Waals surface area (Å²) >= 11 is 0. The molecule has 3 heterocycles. The Labute approximate surface area is 114 Å². The summed E-state index contributed by atoms with van der Waals surface area (Å²) in [7, 11) is 2.24. The zero-order valence-electron chi connectivity index (χ0n) is 11.5. The van der Waals surface area contributed by atoms with Gasteiger partial charge in [-0.1, -0.05) is 6.42 Å². The number of fused-ring (bicyclic) bond motifs is 1. The fourth-order valence-electron chi connectivity index (χ4n) is 2.93. The van der Waals surface area contributed by atoms with E-state index in [4.69, 9.17) is 0 Å². The number of hydrogen-bond donors (Lipinski definition) is 2. The molecule has 1 saturated heterocycles. The molecular formula is C15H22N4. The zero-order chi connectivity index (χ0) is 13.1. The van der Waals surface area contributed by atoms with E-state index in [2.05, 4.69) is 39.5 Å². The fraction of sp³-hybridized carbons (Fsp3) is 0.533. The van der Waals surface area contributed by atoms with Crippen LogP contribution in [0, 0.1) is 0 Å². The van der Waals surface area contributed by atoms with Crippen molar-refractivity contribution in [2.45, 2.75) is 31.8 Å². The van der Waals surface area contributed by atoms with Crippen LogP contribution < -0.4 is 5.32 Å². The number of pyridine rings is 1. The van der Waals surface area contributed by atoms with Gasteiger partial charge >= 0.3 is 0 Å². The average molecular weight is 258 g/mol. The average Bonchev–Trinajstić information content (AvgIpc) is 2.85. The standard InChI is InChI=1S/C15H22N4/c1-19-8-3-2-5-13(19)11-16-9-12-10-18-15-14(12)6-4-7-17-15/h4,6-7,10,13,16H,2-3,5,8-9,11H2,1H3,(H,17,18). The lowest BCUT2D eigenvalue weighted by Crippen LogP contribution is -2.42. The highest BCUT2D eigenvalue weighted by Gasteiger charge is 2.18. The summed E-state index contributed by atoms with van der Waals surface area (Å²) in [6.45, 7) is 3.23. The van der Waals surface area contributed by atoms with E-state index >= 15 is 0 Å². The molecule has 2 aromatic rings. The minimum absolute atomic E-state index is 0.692. The Hall–Kier alpha value is -1.39. The Balaban J connectivity index is 1.57. The van der Waals surface area contributed by atoms with E-state index in [0.717, 1.165) is 18.7 Å². The number of piperidine rings is 1. The largest absolute Gasteiger partial charge is 0.346 e. The summed E-state index contributed by atoms with van der Waals surface area (Å²) in [5.41, 5.74) is 2.29. The van der Waals surface area contributed by atoms with Crippen LogP contribution in [0.4, 0.5) is 0 Å². The molecule has 1 aliphatic rings. The third kappa shape index (κ3) is 2.80. The molecule has 1 atom stereocenters. The van der Waals surface area contributed by atoms with Crippen LogP contribution in [-0.4, -0.2) is 41.0 Å². The fourth-order valence-corrected chi connectivity index (χ4v) is 2.93. The maximum absolute atomic E-state index is 4.32. The molecule has 1 aliphatic heterocycles. The topological polar surface area (TPSA) is 44.0 Å². The molecule has 0 amide bonds. The van der Waals surface area contributed by atoms with Crippen LogP contribution in [0.5, 0.6) is 0 Å². The third-order valence-corrected chi connectivity index (χ3v) is 4.15. The van der Waals surface area contributed by atoms with E-state index in [0.29, 0.717) is 6.04 Å². The third-order valence-electron chi connectivity index (χ3n) is 4.15. The normalized spacial score (nSPS) is 21.0. The van der Waals surface area contributed by atoms with Gasteiger partial charge in [0.05, 0.1) is 0 Å². The van der Waals surface area contributed by atoms with Crippen molar-refractivity contribution in [3.8, 4) is 0 Å². The summed E-state index contributed by atoms with van der Waals surface area (Å²) in [6, 6.07) is 4.81. The lowest BCUT2D eigenvalue weighted by atomic mass is 10.0. The second-order valence-corrected chi connectivity index (χ2v) is 5.47. The Morgan fingerprint density at radius 1 is 1.47 bits per heavy atom. The van der Waals surface area contributed by atoms with Gasteiger partial charge in [0.1, 0.15) is 5.65 Å². The van der Waals surface area contributed by atoms with E-state index in [1.165, 1.54) is 36.8 Å². The SMILES string of the molecule is CN1CCCCC1CNCc1c[nH]c2ncccc12. The van der Waals surface area contributed by atoms with Crippen LogP contribution in [0.1, 0.15) is 24.8 Å². The molecule has 1 fully saturated rings. The van der Waals surface area contributed by atoms with Gasteiger partial charge in [-0.2, -0.15) is 0 Å². The zero-order valence-corrected chi connectivity index (χ0v) is 11.5. The number of hydrogen-bond acceptors (Lipinski definition) is 3. The van der Waals surface area contributed by atoms with E-state index < -0.39 is 0 Å². The predicted molar refractivity (Wildman–Crippen MR) is 78.1 cm³/mol. The van der Waals surface area contributed by atoms with E-state index in [9.17, 15) is 0 Å². The molecule has 2 aromatic heterocycles. The quantitative estimate of drug-likeness (QED) is 0.883. The van der Waals surface area contributed by atoms with Gasteiger partial charge in [0.2, 0.25) is 0 Å². The Kier molecular flexibility index (Phi) is 3.80. The monoisotopic (exact) mass is 258 g/mol. The number of likely N-dealkylation sites (N-methyl/N-ethyl adjacent to an activating group) is 1. The van der Waals surface area contributed by atoms with Crippen molar-refractivity contribution in [3.63, 3.8) is 0 Å². The van der Waals surface area contributed by atoms with E-state index in [1.807, 2.05) is 12.3 Å². The molecule has 19 heavy (non-hydrogen) atoms. The van der Waals surface area contributed by atoms with Gasteiger partial charge in [0, 0.05) is 36.9 Å². The van der Waals surface area contributed by atoms with E-state index in [1.54, 1.807) is 0 Å². The molecule has 0 aromatic carbocycles. The van der Waals surface area contributed by atoms with Crippen molar-refractivity contribution in [1.82, 2.24) is 20.2 Å². The predicted octanol–water partition coefficient (Wildman–Crippen LogP) is 2.14. The highest BCUT2D eigenvalue weighted by Crippen LogP contribution is 2.16. The van der Waals surface area contributed by atoms with Gasteiger partial charge in [0.15, 0.2) is 0 Å². The van der Waals surface area contributed by atoms with Crippen LogP contribution in [0.2, 0.25) is 0 Å². The summed E-state index contributed by atoms with van der Waals surface area (Å²) in [4.78, 5) is 10.0. The highest BCUT2D eigenvalue weighted by atomic mass is 15.2. The molecule has 2 N–H and O–H groups in total. The lowest BCUT2D eigenvalue weighted by molar-refractivity contribution is 0.181. The van der Waals surface area contributed by atoms with E-state index in [-0.39, 0.29) is 0 Å². The maximum Gasteiger partial charge on any atom is 0.137 e. The molecule has 0 radical (unpaired) electrons. The van der Waals surface area contributed by atoms with Gasteiger partial charge in [-0.3, -0.25) is 0 Å². The highest BCUT2D eigenvalue weighted by molar-refractivity contribution is 5.79. The number of rotatable bonds is 4. The summed E-state index contributed by atoms with van der Waals surface area (Å²) in [5, 5.41) is 4.82. The lowest BCUT2D eigenvalue weighted by Gasteiger charge is -2.32. The van der Waals surface area contributed by atoms with Crippen LogP contribution in [0.25, 0.3) is 11.0 Å². The number of likely N-dealkylation sites (tertiary alicyclic amines) is 1. The molecule has 1 unspecified atom stereocenters. The second kappa shape index (κ2) is 5.72. The Morgan fingerprint density at radius 2 is 2.42 bits per heavy atom. The smallest absolute Gasteiger partial charge is 0.137 e. The first-order valence-electron chi connectivity index (χ1n) is 7.16. The van der Waals surface area contributed by atoms with Crippen molar-refractivity contribution >= 4 is 11.0 Å². The molecule has 0 spiro atoms. The van der Waals surface area contributed by atoms with Gasteiger partial charge < -0.3 is 15.2 Å². The van der Waals surface area contributed by atoms with Crippen LogP contribution >= 0.6 is 0 Å². The van der Waals surface area contributed by atoms with Gasteiger partial charge in [0.25, 0.3) is 0 Å². The van der Waals surface area contributed by atoms with Crippen molar-refractivity contribution in [3.05, 3.63) is 30.1 Å². The summed E-state index contributed by atoms with van der Waals surface area (Å²) < 4.78 is 0. The molecule has 3 rings (SSSR count). The first-order chi connectivity index (χ1) is 9.34. The van der Waals surface area contributed by atoms with Gasteiger partial charge in [-0.05, 0) is 44.1 Å². The minimum Gasteiger partial charge on any atom is -0.346 e. The number of nitrogens with one attached hydrogen (secondary N) is 2. The van der Waals surface area contributed by atoms with Crippen molar-refractivity contribution in [2.75, 3.05) is 20.1 Å². The van der Waals surface area contributed by atoms with Gasteiger partial charge in [-0.25, -0.2) is 4.98 Å².